The first-order chi connectivity index (χ1) is 15.0. The zero-order valence-corrected chi connectivity index (χ0v) is 17.6. The molecule has 1 N–H and O–H groups in total. The lowest BCUT2D eigenvalue weighted by Gasteiger charge is -2.16. The van der Waals surface area contributed by atoms with E-state index in [1.54, 1.807) is 16.3 Å². The summed E-state index contributed by atoms with van der Waals surface area (Å²) in [6.45, 7) is 4.15. The van der Waals surface area contributed by atoms with Crippen LogP contribution in [0.15, 0.2) is 30.5 Å². The molecule has 4 aromatic rings. The lowest BCUT2D eigenvalue weighted by atomic mass is 9.96. The smallest absolute Gasteiger partial charge is 0.244 e. The van der Waals surface area contributed by atoms with E-state index in [-0.39, 0.29) is 0 Å². The molecule has 0 atom stereocenters. The zero-order valence-electron chi connectivity index (χ0n) is 17.6. The normalized spacial score (nSPS) is 11.7. The second-order valence-electron chi connectivity index (χ2n) is 7.88. The monoisotopic (exact) mass is 422 g/mol. The van der Waals surface area contributed by atoms with Crippen LogP contribution in [0.4, 0.5) is 10.3 Å². The highest BCUT2D eigenvalue weighted by molar-refractivity contribution is 5.89. The van der Waals surface area contributed by atoms with Crippen molar-refractivity contribution in [2.75, 3.05) is 25.6 Å². The molecule has 4 rings (SSSR count). The number of aryl methyl sites for hydroxylation is 1. The van der Waals surface area contributed by atoms with Crippen LogP contribution in [-0.2, 0) is 6.54 Å². The average Bonchev–Trinajstić information content (AvgIpc) is 3.39. The fourth-order valence-electron chi connectivity index (χ4n) is 3.29. The number of hydrogen-bond donors (Lipinski definition) is 1. The van der Waals surface area contributed by atoms with Crippen LogP contribution in [0.5, 0.6) is 5.88 Å². The van der Waals surface area contributed by atoms with Crippen molar-refractivity contribution in [1.29, 1.82) is 5.26 Å². The first-order valence-electron chi connectivity index (χ1n) is 9.94. The lowest BCUT2D eigenvalue weighted by molar-refractivity contribution is 0.399. The van der Waals surface area contributed by atoms with Gasteiger partial charge in [-0.25, -0.2) is 9.20 Å². The van der Waals surface area contributed by atoms with Gasteiger partial charge >= 0.3 is 0 Å². The molecule has 0 radical (unpaired) electrons. The number of ether oxygens (including phenoxy) is 1. The maximum Gasteiger partial charge on any atom is 0.244 e. The van der Waals surface area contributed by atoms with Crippen LogP contribution in [0.2, 0.25) is 0 Å². The Morgan fingerprint density at radius 2 is 2.13 bits per heavy atom. The number of hydrogen-bond acceptors (Lipinski definition) is 7. The summed E-state index contributed by atoms with van der Waals surface area (Å²) in [7, 11) is 1.56. The van der Waals surface area contributed by atoms with Gasteiger partial charge in [-0.1, -0.05) is 11.3 Å². The third-order valence-electron chi connectivity index (χ3n) is 4.99. The van der Waals surface area contributed by atoms with Gasteiger partial charge in [0.1, 0.15) is 11.0 Å². The van der Waals surface area contributed by atoms with Crippen LogP contribution in [0.1, 0.15) is 20.3 Å². The number of fused-ring (bicyclic) bond motifs is 2. The summed E-state index contributed by atoms with van der Waals surface area (Å²) in [6.07, 6.45) is 2.22. The average molecular weight is 422 g/mol. The number of nitrogens with zero attached hydrogens (tertiary/aromatic N) is 7. The molecule has 0 saturated carbocycles. The molecule has 0 bridgehead atoms. The van der Waals surface area contributed by atoms with E-state index in [4.69, 9.17) is 4.74 Å². The van der Waals surface area contributed by atoms with E-state index < -0.39 is 12.1 Å². The lowest BCUT2D eigenvalue weighted by Crippen LogP contribution is -2.22. The molecule has 0 spiro atoms. The van der Waals surface area contributed by atoms with Gasteiger partial charge in [-0.05, 0) is 44.0 Å². The number of methoxy groups -OCH3 is 1. The van der Waals surface area contributed by atoms with Crippen LogP contribution in [-0.4, -0.2) is 49.9 Å². The van der Waals surface area contributed by atoms with Gasteiger partial charge in [0.25, 0.3) is 0 Å². The Labute approximate surface area is 178 Å². The Balaban J connectivity index is 1.74. The molecule has 0 unspecified atom stereocenters. The van der Waals surface area contributed by atoms with Gasteiger partial charge in [0, 0.05) is 24.8 Å². The summed E-state index contributed by atoms with van der Waals surface area (Å²) >= 11 is 0. The molecule has 1 aromatic carbocycles. The highest BCUT2D eigenvalue weighted by Crippen LogP contribution is 2.33. The third kappa shape index (κ3) is 3.99. The van der Waals surface area contributed by atoms with E-state index in [0.717, 1.165) is 27.7 Å². The van der Waals surface area contributed by atoms with Gasteiger partial charge in [-0.3, -0.25) is 4.39 Å². The second-order valence-corrected chi connectivity index (χ2v) is 7.88. The predicted octanol–water partition coefficient (Wildman–Crippen LogP) is 3.47. The highest BCUT2D eigenvalue weighted by atomic mass is 19.1. The first-order valence-corrected chi connectivity index (χ1v) is 9.94. The molecule has 0 amide bonds. The second kappa shape index (κ2) is 8.18. The summed E-state index contributed by atoms with van der Waals surface area (Å²) in [4.78, 5) is 4.48. The Morgan fingerprint density at radius 1 is 1.29 bits per heavy atom. The van der Waals surface area contributed by atoms with Crippen molar-refractivity contribution in [1.82, 2.24) is 29.6 Å². The standard InChI is InChI=1S/C21H23FN8O/c1-21(2,12-23)13-24-20-25-19(31-3)18-15(7-10-30(18)27-20)14-5-6-16-17(11-14)29(28-26-16)9-4-8-22/h5-7,10-11H,4,8-9,13H2,1-3H3,(H,24,27). The molecule has 10 heteroatoms. The van der Waals surface area contributed by atoms with Gasteiger partial charge in [0.05, 0.1) is 30.8 Å². The van der Waals surface area contributed by atoms with Crippen LogP contribution >= 0.6 is 0 Å². The first kappa shape index (κ1) is 20.5. The molecule has 0 saturated heterocycles. The van der Waals surface area contributed by atoms with Crippen LogP contribution in [0, 0.1) is 16.7 Å². The molecule has 0 aliphatic heterocycles. The third-order valence-corrected chi connectivity index (χ3v) is 4.99. The number of nitrogens with one attached hydrogen (secondary N) is 1. The summed E-state index contributed by atoms with van der Waals surface area (Å²) < 4.78 is 21.6. The van der Waals surface area contributed by atoms with E-state index in [1.165, 1.54) is 0 Å². The number of aromatic nitrogens is 6. The maximum absolute atomic E-state index is 12.6. The number of anilines is 1. The van der Waals surface area contributed by atoms with Gasteiger partial charge in [-0.2, -0.15) is 10.2 Å². The molecule has 160 valence electrons. The van der Waals surface area contributed by atoms with Gasteiger partial charge in [-0.15, -0.1) is 10.2 Å². The molecule has 0 aliphatic carbocycles. The van der Waals surface area contributed by atoms with E-state index in [2.05, 4.69) is 31.8 Å². The molecule has 31 heavy (non-hydrogen) atoms. The summed E-state index contributed by atoms with van der Waals surface area (Å²) in [6, 6.07) is 10.00. The minimum absolute atomic E-state index is 0.374. The highest BCUT2D eigenvalue weighted by Gasteiger charge is 2.19. The fourth-order valence-corrected chi connectivity index (χ4v) is 3.29. The molecule has 3 heterocycles. The number of nitriles is 1. The van der Waals surface area contributed by atoms with Gasteiger partial charge < -0.3 is 10.1 Å². The number of alkyl halides is 1. The van der Waals surface area contributed by atoms with Crippen molar-refractivity contribution in [3.63, 3.8) is 0 Å². The van der Waals surface area contributed by atoms with E-state index >= 15 is 0 Å². The Morgan fingerprint density at radius 3 is 2.87 bits per heavy atom. The predicted molar refractivity (Wildman–Crippen MR) is 115 cm³/mol. The van der Waals surface area contributed by atoms with Crippen molar-refractivity contribution >= 4 is 22.5 Å². The Kier molecular flexibility index (Phi) is 5.42. The van der Waals surface area contributed by atoms with Crippen LogP contribution < -0.4 is 10.1 Å². The zero-order chi connectivity index (χ0) is 22.0. The fraction of sp³-hybridized carbons (Fsp3) is 0.381. The van der Waals surface area contributed by atoms with Crippen molar-refractivity contribution in [2.45, 2.75) is 26.8 Å². The van der Waals surface area contributed by atoms with Crippen LogP contribution in [0.25, 0.3) is 27.7 Å². The number of halogens is 1. The molecule has 0 fully saturated rings. The number of benzene rings is 1. The van der Waals surface area contributed by atoms with Gasteiger partial charge in [0.2, 0.25) is 11.8 Å². The largest absolute Gasteiger partial charge is 0.479 e. The summed E-state index contributed by atoms with van der Waals surface area (Å²) in [5.41, 5.74) is 3.56. The minimum atomic E-state index is -0.554. The Bertz CT molecular complexity index is 1270. The molecule has 9 nitrogen and oxygen atoms in total. The van der Waals surface area contributed by atoms with Crippen LogP contribution in [0.3, 0.4) is 0 Å². The van der Waals surface area contributed by atoms with Gasteiger partial charge in [0.15, 0.2) is 0 Å². The SMILES string of the molecule is COc1nc(NCC(C)(C)C#N)nn2ccc(-c3ccc4nnn(CCCF)c4c3)c12. The quantitative estimate of drug-likeness (QED) is 0.463. The minimum Gasteiger partial charge on any atom is -0.479 e. The molecule has 3 aromatic heterocycles. The molecular formula is C21H23FN8O. The van der Waals surface area contributed by atoms with Crippen molar-refractivity contribution < 1.29 is 9.13 Å². The van der Waals surface area contributed by atoms with Crippen molar-refractivity contribution in [3.8, 4) is 23.1 Å². The van der Waals surface area contributed by atoms with E-state index in [1.807, 2.05) is 44.3 Å². The van der Waals surface area contributed by atoms with E-state index in [0.29, 0.717) is 31.3 Å². The molecule has 0 aliphatic rings. The van der Waals surface area contributed by atoms with Crippen molar-refractivity contribution in [3.05, 3.63) is 30.5 Å². The Hall–Kier alpha value is -3.74. The molecular weight excluding hydrogens is 399 g/mol. The number of rotatable bonds is 8. The van der Waals surface area contributed by atoms with Crippen molar-refractivity contribution in [2.24, 2.45) is 5.41 Å². The summed E-state index contributed by atoms with van der Waals surface area (Å²) in [5.74, 6) is 0.787. The maximum atomic E-state index is 12.6. The topological polar surface area (TPSA) is 106 Å². The summed E-state index contributed by atoms with van der Waals surface area (Å²) in [5, 5.41) is 25.1. The van der Waals surface area contributed by atoms with E-state index in [9.17, 15) is 9.65 Å².